The van der Waals surface area contributed by atoms with Gasteiger partial charge < -0.3 is 19.7 Å². The molecule has 6 nitrogen and oxygen atoms in total. The molecule has 3 rings (SSSR count). The number of ether oxygens (including phenoxy) is 2. The largest absolute Gasteiger partial charge is 0.454 e. The van der Waals surface area contributed by atoms with Crippen molar-refractivity contribution in [2.24, 2.45) is 5.73 Å². The van der Waals surface area contributed by atoms with Crippen LogP contribution in [0.3, 0.4) is 0 Å². The number of hydrogen-bond donors (Lipinski definition) is 1. The van der Waals surface area contributed by atoms with Gasteiger partial charge in [0.25, 0.3) is 0 Å². The first-order valence-electron chi connectivity index (χ1n) is 5.32. The van der Waals surface area contributed by atoms with E-state index in [9.17, 15) is 0 Å². The van der Waals surface area contributed by atoms with Gasteiger partial charge in [-0.05, 0) is 34.5 Å². The molecular weight excluding hydrogens is 302 g/mol. The van der Waals surface area contributed by atoms with Gasteiger partial charge in [-0.25, -0.2) is 0 Å². The van der Waals surface area contributed by atoms with Crippen LogP contribution in [0.15, 0.2) is 15.1 Å². The fourth-order valence-corrected chi connectivity index (χ4v) is 2.30. The summed E-state index contributed by atoms with van der Waals surface area (Å²) < 4.78 is 16.6. The molecule has 0 saturated carbocycles. The van der Waals surface area contributed by atoms with Crippen LogP contribution < -0.4 is 15.2 Å². The first-order valence-corrected chi connectivity index (χ1v) is 6.11. The van der Waals surface area contributed by atoms with Crippen molar-refractivity contribution in [1.29, 1.82) is 0 Å². The fraction of sp³-hybridized carbons (Fsp3) is 0.273. The number of fused-ring (bicyclic) bond motifs is 1. The Morgan fingerprint density at radius 1 is 1.44 bits per heavy atom. The van der Waals surface area contributed by atoms with E-state index >= 15 is 0 Å². The Kier molecular flexibility index (Phi) is 2.71. The van der Waals surface area contributed by atoms with E-state index in [4.69, 9.17) is 19.7 Å². The summed E-state index contributed by atoms with van der Waals surface area (Å²) in [5, 5.41) is 3.90. The van der Waals surface area contributed by atoms with Crippen molar-refractivity contribution in [1.82, 2.24) is 10.1 Å². The highest BCUT2D eigenvalue weighted by atomic mass is 79.9. The molecule has 7 heteroatoms. The third-order valence-electron chi connectivity index (χ3n) is 2.73. The average Bonchev–Trinajstić information content (AvgIpc) is 3.01. The van der Waals surface area contributed by atoms with Crippen molar-refractivity contribution in [2.45, 2.75) is 13.5 Å². The normalized spacial score (nSPS) is 13.1. The molecule has 0 spiro atoms. The van der Waals surface area contributed by atoms with E-state index in [2.05, 4.69) is 26.1 Å². The Hall–Kier alpha value is -1.60. The van der Waals surface area contributed by atoms with Crippen molar-refractivity contribution >= 4 is 15.9 Å². The second kappa shape index (κ2) is 4.25. The van der Waals surface area contributed by atoms with Crippen LogP contribution in [-0.2, 0) is 6.54 Å². The van der Waals surface area contributed by atoms with E-state index in [-0.39, 0.29) is 13.3 Å². The van der Waals surface area contributed by atoms with Crippen LogP contribution in [0.2, 0.25) is 0 Å². The lowest BCUT2D eigenvalue weighted by Crippen LogP contribution is -1.96. The molecule has 1 aromatic carbocycles. The topological polar surface area (TPSA) is 83.4 Å². The summed E-state index contributed by atoms with van der Waals surface area (Å²) in [6, 6.07) is 1.84. The second-order valence-electron chi connectivity index (χ2n) is 3.81. The molecule has 0 radical (unpaired) electrons. The lowest BCUT2D eigenvalue weighted by atomic mass is 10.1. The zero-order chi connectivity index (χ0) is 12.7. The van der Waals surface area contributed by atoms with Crippen molar-refractivity contribution in [3.8, 4) is 22.9 Å². The van der Waals surface area contributed by atoms with E-state index in [0.29, 0.717) is 23.2 Å². The number of benzene rings is 1. The van der Waals surface area contributed by atoms with Crippen LogP contribution in [0.1, 0.15) is 11.5 Å². The first-order chi connectivity index (χ1) is 8.70. The third-order valence-corrected chi connectivity index (χ3v) is 3.69. The predicted octanol–water partition coefficient (Wildman–Crippen LogP) is 1.99. The standard InChI is InChI=1S/C11H10BrN3O3/c1-5-6(11-14-8(3-13)18-15-11)2-7-10(9(5)12)17-4-16-7/h2H,3-4,13H2,1H3. The minimum atomic E-state index is 0.219. The molecule has 0 amide bonds. The van der Waals surface area contributed by atoms with Crippen LogP contribution in [0.25, 0.3) is 11.4 Å². The Morgan fingerprint density at radius 2 is 2.28 bits per heavy atom. The SMILES string of the molecule is Cc1c(-c2noc(CN)n2)cc2c(c1Br)OCO2. The summed E-state index contributed by atoms with van der Waals surface area (Å²) in [5.41, 5.74) is 7.24. The fourth-order valence-electron chi connectivity index (χ4n) is 1.77. The van der Waals surface area contributed by atoms with Crippen LogP contribution in [0.4, 0.5) is 0 Å². The average molecular weight is 312 g/mol. The number of aromatic nitrogens is 2. The molecule has 2 heterocycles. The predicted molar refractivity (Wildman–Crippen MR) is 66.2 cm³/mol. The molecule has 0 saturated heterocycles. The van der Waals surface area contributed by atoms with Crippen molar-refractivity contribution in [2.75, 3.05) is 6.79 Å². The van der Waals surface area contributed by atoms with Gasteiger partial charge in [0.1, 0.15) is 0 Å². The van der Waals surface area contributed by atoms with Crippen molar-refractivity contribution in [3.63, 3.8) is 0 Å². The summed E-state index contributed by atoms with van der Waals surface area (Å²) in [6.07, 6.45) is 0. The van der Waals surface area contributed by atoms with Gasteiger partial charge in [-0.2, -0.15) is 4.98 Å². The number of nitrogens with two attached hydrogens (primary N) is 1. The number of rotatable bonds is 2. The van der Waals surface area contributed by atoms with E-state index in [0.717, 1.165) is 15.6 Å². The van der Waals surface area contributed by atoms with Gasteiger partial charge >= 0.3 is 0 Å². The van der Waals surface area contributed by atoms with Crippen molar-refractivity contribution < 1.29 is 14.0 Å². The van der Waals surface area contributed by atoms with E-state index in [1.807, 2.05) is 13.0 Å². The van der Waals surface area contributed by atoms with E-state index < -0.39 is 0 Å². The third kappa shape index (κ3) is 1.67. The molecule has 0 aliphatic carbocycles. The maximum Gasteiger partial charge on any atom is 0.240 e. The van der Waals surface area contributed by atoms with Crippen LogP contribution >= 0.6 is 15.9 Å². The molecule has 1 aliphatic heterocycles. The maximum atomic E-state index is 5.45. The van der Waals surface area contributed by atoms with Gasteiger partial charge in [0.15, 0.2) is 11.5 Å². The Morgan fingerprint density at radius 3 is 3.00 bits per heavy atom. The number of halogens is 1. The molecule has 1 aromatic heterocycles. The summed E-state index contributed by atoms with van der Waals surface area (Å²) in [4.78, 5) is 4.21. The Bertz CT molecular complexity index is 612. The molecule has 1 aliphatic rings. The molecule has 0 bridgehead atoms. The van der Waals surface area contributed by atoms with Crippen LogP contribution in [-0.4, -0.2) is 16.9 Å². The van der Waals surface area contributed by atoms with Gasteiger partial charge in [-0.15, -0.1) is 0 Å². The molecule has 18 heavy (non-hydrogen) atoms. The summed E-state index contributed by atoms with van der Waals surface area (Å²) in [7, 11) is 0. The number of hydrogen-bond acceptors (Lipinski definition) is 6. The number of nitrogens with zero attached hydrogens (tertiary/aromatic N) is 2. The quantitative estimate of drug-likeness (QED) is 0.913. The monoisotopic (exact) mass is 311 g/mol. The van der Waals surface area contributed by atoms with E-state index in [1.54, 1.807) is 0 Å². The van der Waals surface area contributed by atoms with Gasteiger partial charge in [0.2, 0.25) is 18.5 Å². The highest BCUT2D eigenvalue weighted by Crippen LogP contribution is 2.44. The summed E-state index contributed by atoms with van der Waals surface area (Å²) in [6.45, 7) is 2.38. The molecule has 2 N–H and O–H groups in total. The van der Waals surface area contributed by atoms with Crippen LogP contribution in [0, 0.1) is 6.92 Å². The lowest BCUT2D eigenvalue weighted by molar-refractivity contribution is 0.173. The Balaban J connectivity index is 2.15. The van der Waals surface area contributed by atoms with Crippen molar-refractivity contribution in [3.05, 3.63) is 22.0 Å². The molecule has 2 aromatic rings. The minimum Gasteiger partial charge on any atom is -0.454 e. The van der Waals surface area contributed by atoms with Gasteiger partial charge in [0, 0.05) is 5.56 Å². The van der Waals surface area contributed by atoms with E-state index in [1.165, 1.54) is 0 Å². The maximum absolute atomic E-state index is 5.45. The zero-order valence-electron chi connectivity index (χ0n) is 9.57. The smallest absolute Gasteiger partial charge is 0.240 e. The molecule has 0 atom stereocenters. The minimum absolute atomic E-state index is 0.219. The zero-order valence-corrected chi connectivity index (χ0v) is 11.2. The summed E-state index contributed by atoms with van der Waals surface area (Å²) in [5.74, 6) is 2.27. The molecule has 0 fully saturated rings. The molecular formula is C11H10BrN3O3. The first kappa shape index (κ1) is 11.5. The van der Waals surface area contributed by atoms with Crippen LogP contribution in [0.5, 0.6) is 11.5 Å². The molecule has 94 valence electrons. The lowest BCUT2D eigenvalue weighted by Gasteiger charge is -2.07. The van der Waals surface area contributed by atoms with Gasteiger partial charge in [0.05, 0.1) is 11.0 Å². The Labute approximate surface area is 111 Å². The molecule has 0 unspecified atom stereocenters. The van der Waals surface area contributed by atoms with Gasteiger partial charge in [-0.1, -0.05) is 5.16 Å². The summed E-state index contributed by atoms with van der Waals surface area (Å²) >= 11 is 3.49. The highest BCUT2D eigenvalue weighted by Gasteiger charge is 2.23. The van der Waals surface area contributed by atoms with Gasteiger partial charge in [-0.3, -0.25) is 0 Å². The highest BCUT2D eigenvalue weighted by molar-refractivity contribution is 9.10. The second-order valence-corrected chi connectivity index (χ2v) is 4.61.